The van der Waals surface area contributed by atoms with Crippen molar-refractivity contribution < 1.29 is 9.47 Å². The molecule has 7 heteroatoms. The van der Waals surface area contributed by atoms with Gasteiger partial charge in [0.25, 0.3) is 0 Å². The molecule has 7 nitrogen and oxygen atoms in total. The first kappa shape index (κ1) is 17.7. The SMILES string of the molecule is CN=C(NCCOc1ccc(OC)cc1)NCCc1cnn(C)c1. The summed E-state index contributed by atoms with van der Waals surface area (Å²) >= 11 is 0. The van der Waals surface area contributed by atoms with Crippen molar-refractivity contribution in [3.8, 4) is 11.5 Å². The fourth-order valence-electron chi connectivity index (χ4n) is 2.16. The smallest absolute Gasteiger partial charge is 0.191 e. The summed E-state index contributed by atoms with van der Waals surface area (Å²) in [4.78, 5) is 4.19. The second kappa shape index (κ2) is 9.44. The van der Waals surface area contributed by atoms with Gasteiger partial charge in [-0.2, -0.15) is 5.10 Å². The number of benzene rings is 1. The average Bonchev–Trinajstić information content (AvgIpc) is 3.02. The van der Waals surface area contributed by atoms with Gasteiger partial charge in [0.15, 0.2) is 5.96 Å². The van der Waals surface area contributed by atoms with Crippen molar-refractivity contribution in [2.75, 3.05) is 33.9 Å². The largest absolute Gasteiger partial charge is 0.497 e. The first-order chi connectivity index (χ1) is 11.7. The summed E-state index contributed by atoms with van der Waals surface area (Å²) < 4.78 is 12.6. The number of aromatic nitrogens is 2. The molecule has 0 saturated carbocycles. The summed E-state index contributed by atoms with van der Waals surface area (Å²) in [5.41, 5.74) is 1.20. The highest BCUT2D eigenvalue weighted by Gasteiger charge is 2.00. The van der Waals surface area contributed by atoms with E-state index in [4.69, 9.17) is 9.47 Å². The Balaban J connectivity index is 1.62. The molecule has 1 aromatic carbocycles. The number of rotatable bonds is 8. The summed E-state index contributed by atoms with van der Waals surface area (Å²) in [6, 6.07) is 7.53. The van der Waals surface area contributed by atoms with Crippen LogP contribution in [0.3, 0.4) is 0 Å². The Hall–Kier alpha value is -2.70. The van der Waals surface area contributed by atoms with E-state index in [-0.39, 0.29) is 0 Å². The van der Waals surface area contributed by atoms with Crippen molar-refractivity contribution in [1.29, 1.82) is 0 Å². The fourth-order valence-corrected chi connectivity index (χ4v) is 2.16. The molecule has 1 aromatic heterocycles. The molecule has 0 aliphatic rings. The van der Waals surface area contributed by atoms with Crippen molar-refractivity contribution in [1.82, 2.24) is 20.4 Å². The highest BCUT2D eigenvalue weighted by Crippen LogP contribution is 2.16. The molecule has 0 bridgehead atoms. The van der Waals surface area contributed by atoms with Gasteiger partial charge < -0.3 is 20.1 Å². The number of hydrogen-bond acceptors (Lipinski definition) is 4. The maximum atomic E-state index is 5.67. The van der Waals surface area contributed by atoms with Gasteiger partial charge in [0, 0.05) is 26.8 Å². The Morgan fingerprint density at radius 1 is 1.17 bits per heavy atom. The van der Waals surface area contributed by atoms with Crippen LogP contribution in [0.1, 0.15) is 5.56 Å². The van der Waals surface area contributed by atoms with Crippen LogP contribution in [0.4, 0.5) is 0 Å². The van der Waals surface area contributed by atoms with E-state index < -0.39 is 0 Å². The predicted molar refractivity (Wildman–Crippen MR) is 94.8 cm³/mol. The average molecular weight is 331 g/mol. The lowest BCUT2D eigenvalue weighted by Gasteiger charge is -2.12. The van der Waals surface area contributed by atoms with Gasteiger partial charge in [-0.25, -0.2) is 0 Å². The van der Waals surface area contributed by atoms with Gasteiger partial charge in [0.05, 0.1) is 19.9 Å². The lowest BCUT2D eigenvalue weighted by molar-refractivity contribution is 0.321. The molecule has 2 aromatic rings. The van der Waals surface area contributed by atoms with Crippen LogP contribution < -0.4 is 20.1 Å². The molecule has 2 N–H and O–H groups in total. The summed E-state index contributed by atoms with van der Waals surface area (Å²) in [7, 11) is 5.32. The number of nitrogens with zero attached hydrogens (tertiary/aromatic N) is 3. The summed E-state index contributed by atoms with van der Waals surface area (Å²) in [6.07, 6.45) is 4.79. The van der Waals surface area contributed by atoms with Gasteiger partial charge in [-0.3, -0.25) is 9.67 Å². The zero-order chi connectivity index (χ0) is 17.2. The van der Waals surface area contributed by atoms with E-state index in [0.717, 1.165) is 30.4 Å². The van der Waals surface area contributed by atoms with Crippen LogP contribution >= 0.6 is 0 Å². The van der Waals surface area contributed by atoms with Crippen LogP contribution in [0, 0.1) is 0 Å². The van der Waals surface area contributed by atoms with Crippen molar-refractivity contribution in [3.63, 3.8) is 0 Å². The summed E-state index contributed by atoms with van der Waals surface area (Å²) in [5.74, 6) is 2.40. The Morgan fingerprint density at radius 3 is 2.50 bits per heavy atom. The van der Waals surface area contributed by atoms with Crippen molar-refractivity contribution in [2.45, 2.75) is 6.42 Å². The van der Waals surface area contributed by atoms with E-state index in [2.05, 4.69) is 20.7 Å². The normalized spacial score (nSPS) is 11.2. The van der Waals surface area contributed by atoms with Gasteiger partial charge in [-0.05, 0) is 36.2 Å². The quantitative estimate of drug-likeness (QED) is 0.432. The van der Waals surface area contributed by atoms with Gasteiger partial charge in [0.1, 0.15) is 18.1 Å². The monoisotopic (exact) mass is 331 g/mol. The minimum absolute atomic E-state index is 0.551. The van der Waals surface area contributed by atoms with E-state index in [1.807, 2.05) is 43.7 Å². The number of aliphatic imine (C=N–C) groups is 1. The Kier molecular flexibility index (Phi) is 6.94. The Bertz CT molecular complexity index is 637. The Labute approximate surface area is 142 Å². The molecule has 0 atom stereocenters. The summed E-state index contributed by atoms with van der Waals surface area (Å²) in [5, 5.41) is 10.6. The third kappa shape index (κ3) is 5.83. The van der Waals surface area contributed by atoms with E-state index in [1.165, 1.54) is 5.56 Å². The maximum Gasteiger partial charge on any atom is 0.191 e. The molecule has 130 valence electrons. The molecule has 0 saturated heterocycles. The van der Waals surface area contributed by atoms with E-state index in [0.29, 0.717) is 13.2 Å². The van der Waals surface area contributed by atoms with Crippen LogP contribution in [-0.2, 0) is 13.5 Å². The van der Waals surface area contributed by atoms with E-state index in [9.17, 15) is 0 Å². The molecule has 0 amide bonds. The van der Waals surface area contributed by atoms with Crippen LogP contribution in [0.15, 0.2) is 41.7 Å². The third-order valence-corrected chi connectivity index (χ3v) is 3.41. The molecule has 0 spiro atoms. The van der Waals surface area contributed by atoms with Gasteiger partial charge >= 0.3 is 0 Å². The second-order valence-corrected chi connectivity index (χ2v) is 5.22. The molecular formula is C17H25N5O2. The zero-order valence-electron chi connectivity index (χ0n) is 14.5. The van der Waals surface area contributed by atoms with Crippen LogP contribution in [0.5, 0.6) is 11.5 Å². The number of aryl methyl sites for hydroxylation is 1. The van der Waals surface area contributed by atoms with Gasteiger partial charge in [-0.1, -0.05) is 0 Å². The predicted octanol–water partition coefficient (Wildman–Crippen LogP) is 1.22. The standard InChI is InChI=1S/C17H25N5O2/c1-18-17(19-9-8-14-12-21-22(2)13-14)20-10-11-24-16-6-4-15(23-3)5-7-16/h4-7,12-13H,8-11H2,1-3H3,(H2,18,19,20). The molecule has 0 aliphatic heterocycles. The highest BCUT2D eigenvalue weighted by molar-refractivity contribution is 5.79. The number of methoxy groups -OCH3 is 1. The summed E-state index contributed by atoms with van der Waals surface area (Å²) in [6.45, 7) is 2.01. The van der Waals surface area contributed by atoms with Crippen LogP contribution in [0.25, 0.3) is 0 Å². The molecule has 0 fully saturated rings. The lowest BCUT2D eigenvalue weighted by Crippen LogP contribution is -2.40. The van der Waals surface area contributed by atoms with Crippen molar-refractivity contribution in [2.24, 2.45) is 12.0 Å². The fraction of sp³-hybridized carbons (Fsp3) is 0.412. The van der Waals surface area contributed by atoms with Gasteiger partial charge in [0.2, 0.25) is 0 Å². The molecule has 0 unspecified atom stereocenters. The Morgan fingerprint density at radius 2 is 1.88 bits per heavy atom. The molecular weight excluding hydrogens is 306 g/mol. The lowest BCUT2D eigenvalue weighted by atomic mass is 10.2. The van der Waals surface area contributed by atoms with Crippen LogP contribution in [-0.4, -0.2) is 49.6 Å². The molecule has 0 radical (unpaired) electrons. The topological polar surface area (TPSA) is 72.7 Å². The number of ether oxygens (including phenoxy) is 2. The number of hydrogen-bond donors (Lipinski definition) is 2. The molecule has 2 rings (SSSR count). The molecule has 1 heterocycles. The van der Waals surface area contributed by atoms with Crippen molar-refractivity contribution >= 4 is 5.96 Å². The number of guanidine groups is 1. The molecule has 24 heavy (non-hydrogen) atoms. The second-order valence-electron chi connectivity index (χ2n) is 5.22. The zero-order valence-corrected chi connectivity index (χ0v) is 14.5. The maximum absolute atomic E-state index is 5.67. The van der Waals surface area contributed by atoms with E-state index in [1.54, 1.807) is 18.8 Å². The first-order valence-corrected chi connectivity index (χ1v) is 7.90. The third-order valence-electron chi connectivity index (χ3n) is 3.41. The highest BCUT2D eigenvalue weighted by atomic mass is 16.5. The minimum Gasteiger partial charge on any atom is -0.497 e. The first-order valence-electron chi connectivity index (χ1n) is 7.90. The molecule has 0 aliphatic carbocycles. The van der Waals surface area contributed by atoms with E-state index >= 15 is 0 Å². The van der Waals surface area contributed by atoms with Crippen LogP contribution in [0.2, 0.25) is 0 Å². The van der Waals surface area contributed by atoms with Crippen molar-refractivity contribution in [3.05, 3.63) is 42.2 Å². The number of nitrogens with one attached hydrogen (secondary N) is 2. The minimum atomic E-state index is 0.551. The van der Waals surface area contributed by atoms with Gasteiger partial charge in [-0.15, -0.1) is 0 Å².